The number of nitrogens with one attached hydrogen (secondary N) is 2. The molecule has 1 aromatic carbocycles. The maximum atomic E-state index is 13.9. The number of hydrogen-bond acceptors (Lipinski definition) is 11. The Morgan fingerprint density at radius 1 is 0.982 bits per heavy atom. The van der Waals surface area contributed by atoms with Gasteiger partial charge in [-0.15, -0.1) is 0 Å². The fraction of sp³-hybridized carbons (Fsp3) is 0.667. The van der Waals surface area contributed by atoms with Gasteiger partial charge in [-0.2, -0.15) is 0 Å². The SMILES string of the molecule is C[C@H](O)[C@@H](NC(=O)C1=C[C@H]2OC(C3CC3)(C3CC3)O[C@H]2[C@H](OC(=O)c2ccc(C=CC3CCC4OC4C3)cc2)C1)C(=O)N[C@H](CO)CCC(=O)OC(C)(C)C. The maximum Gasteiger partial charge on any atom is 0.338 e. The van der Waals surface area contributed by atoms with E-state index in [4.69, 9.17) is 23.7 Å². The van der Waals surface area contributed by atoms with Gasteiger partial charge in [-0.25, -0.2) is 4.79 Å². The standard InChI is InChI=1S/C42H56N2O11/c1-23(46)36(39(49)43-30(22-45)16-18-35(47)54-41(2,3)4)44-38(48)27-20-33(37-34(21-27)53-42(55-37,28-12-13-28)29-14-15-29)52-40(50)26-10-7-24(8-11-26)5-6-25-9-17-31-32(19-25)51-31/h5-8,10-11,21,23,25,28-34,36-37,45-46H,9,12-20,22H2,1-4H3,(H,43,49)(H,44,48)/t23-,25?,30-,31?,32?,33+,34+,36+,37-/m0/s1. The number of amides is 2. The van der Waals surface area contributed by atoms with Crippen molar-refractivity contribution in [2.24, 2.45) is 17.8 Å². The summed E-state index contributed by atoms with van der Waals surface area (Å²) in [5.41, 5.74) is 0.902. The minimum absolute atomic E-state index is 0.00455. The molecule has 9 atom stereocenters. The molecule has 13 heteroatoms. The number of esters is 2. The van der Waals surface area contributed by atoms with Gasteiger partial charge in [0.05, 0.1) is 36.5 Å². The summed E-state index contributed by atoms with van der Waals surface area (Å²) in [4.78, 5) is 53.1. The fourth-order valence-electron chi connectivity index (χ4n) is 8.19. The predicted molar refractivity (Wildman–Crippen MR) is 199 cm³/mol. The molecule has 3 unspecified atom stereocenters. The Hall–Kier alpha value is -3.62. The van der Waals surface area contributed by atoms with Gasteiger partial charge >= 0.3 is 11.9 Å². The van der Waals surface area contributed by atoms with Crippen molar-refractivity contribution in [1.82, 2.24) is 10.6 Å². The summed E-state index contributed by atoms with van der Waals surface area (Å²) in [5.74, 6) is -2.22. The summed E-state index contributed by atoms with van der Waals surface area (Å²) in [5, 5.41) is 25.8. The second-order valence-corrected chi connectivity index (χ2v) is 17.2. The van der Waals surface area contributed by atoms with Gasteiger partial charge in [0.25, 0.3) is 0 Å². The number of allylic oxidation sites excluding steroid dienone is 1. The van der Waals surface area contributed by atoms with Crippen molar-refractivity contribution < 1.29 is 53.1 Å². The Kier molecular flexibility index (Phi) is 11.6. The molecular formula is C42H56N2O11. The van der Waals surface area contributed by atoms with E-state index in [2.05, 4.69) is 22.8 Å². The third-order valence-electron chi connectivity index (χ3n) is 11.4. The number of benzene rings is 1. The van der Waals surface area contributed by atoms with Gasteiger partial charge in [-0.1, -0.05) is 24.3 Å². The van der Waals surface area contributed by atoms with Crippen LogP contribution in [0.2, 0.25) is 0 Å². The molecule has 4 N–H and O–H groups in total. The third-order valence-corrected chi connectivity index (χ3v) is 11.4. The van der Waals surface area contributed by atoms with Crippen LogP contribution in [0.4, 0.5) is 0 Å². The molecule has 2 amide bonds. The average molecular weight is 765 g/mol. The van der Waals surface area contributed by atoms with Crippen molar-refractivity contribution in [2.45, 2.75) is 152 Å². The minimum atomic E-state index is -1.38. The quantitative estimate of drug-likeness (QED) is 0.150. The smallest absolute Gasteiger partial charge is 0.338 e. The first-order valence-electron chi connectivity index (χ1n) is 20.0. The summed E-state index contributed by atoms with van der Waals surface area (Å²) >= 11 is 0. The monoisotopic (exact) mass is 764 g/mol. The van der Waals surface area contributed by atoms with E-state index in [0.29, 0.717) is 23.7 Å². The first-order valence-corrected chi connectivity index (χ1v) is 20.0. The lowest BCUT2D eigenvalue weighted by Crippen LogP contribution is -2.55. The van der Waals surface area contributed by atoms with Crippen LogP contribution in [-0.4, -0.2) is 101 Å². The number of hydrogen-bond donors (Lipinski definition) is 4. The van der Waals surface area contributed by atoms with Crippen LogP contribution >= 0.6 is 0 Å². The number of epoxide rings is 1. The van der Waals surface area contributed by atoms with E-state index in [1.165, 1.54) is 6.92 Å². The average Bonchev–Trinajstić information content (AvgIpc) is 4.01. The number of aliphatic hydroxyl groups excluding tert-OH is 2. The Labute approximate surface area is 322 Å². The molecule has 0 spiro atoms. The van der Waals surface area contributed by atoms with Crippen LogP contribution in [0.3, 0.4) is 0 Å². The van der Waals surface area contributed by atoms with Crippen molar-refractivity contribution in [2.75, 3.05) is 6.61 Å². The van der Waals surface area contributed by atoms with Gasteiger partial charge < -0.3 is 44.5 Å². The van der Waals surface area contributed by atoms with Crippen molar-refractivity contribution in [3.8, 4) is 0 Å². The van der Waals surface area contributed by atoms with Gasteiger partial charge in [0.1, 0.15) is 30.0 Å². The highest BCUT2D eigenvalue weighted by Crippen LogP contribution is 2.59. The molecule has 1 aromatic rings. The van der Waals surface area contributed by atoms with Crippen LogP contribution in [-0.2, 0) is 38.1 Å². The second kappa shape index (κ2) is 16.1. The van der Waals surface area contributed by atoms with Crippen LogP contribution < -0.4 is 10.6 Å². The lowest BCUT2D eigenvalue weighted by molar-refractivity contribution is -0.209. The summed E-state index contributed by atoms with van der Waals surface area (Å²) in [7, 11) is 0. The molecule has 5 fully saturated rings. The first-order chi connectivity index (χ1) is 26.2. The lowest BCUT2D eigenvalue weighted by atomic mass is 9.89. The molecule has 0 radical (unpaired) electrons. The van der Waals surface area contributed by atoms with E-state index in [-0.39, 0.29) is 36.7 Å². The molecule has 6 aliphatic rings. The summed E-state index contributed by atoms with van der Waals surface area (Å²) in [6.07, 6.45) is 10.6. The Balaban J connectivity index is 1.01. The molecule has 2 aliphatic heterocycles. The first kappa shape index (κ1) is 39.6. The highest BCUT2D eigenvalue weighted by molar-refractivity contribution is 5.97. The van der Waals surface area contributed by atoms with Crippen molar-refractivity contribution in [3.63, 3.8) is 0 Å². The van der Waals surface area contributed by atoms with Crippen LogP contribution in [0, 0.1) is 17.8 Å². The molecule has 3 saturated carbocycles. The van der Waals surface area contributed by atoms with Crippen LogP contribution in [0.15, 0.2) is 42.0 Å². The van der Waals surface area contributed by atoms with E-state index in [0.717, 1.165) is 50.5 Å². The van der Waals surface area contributed by atoms with Gasteiger partial charge in [0.2, 0.25) is 11.8 Å². The third kappa shape index (κ3) is 9.68. The van der Waals surface area contributed by atoms with Crippen LogP contribution in [0.25, 0.3) is 6.08 Å². The van der Waals surface area contributed by atoms with Gasteiger partial charge in [0.15, 0.2) is 5.79 Å². The number of rotatable bonds is 15. The molecule has 13 nitrogen and oxygen atoms in total. The van der Waals surface area contributed by atoms with Gasteiger partial charge in [0, 0.05) is 30.3 Å². The molecule has 0 aromatic heterocycles. The molecule has 55 heavy (non-hydrogen) atoms. The molecule has 4 aliphatic carbocycles. The van der Waals surface area contributed by atoms with Crippen molar-refractivity contribution in [3.05, 3.63) is 53.1 Å². The Morgan fingerprint density at radius 2 is 1.69 bits per heavy atom. The minimum Gasteiger partial charge on any atom is -0.460 e. The Bertz CT molecular complexity index is 1650. The fourth-order valence-corrected chi connectivity index (χ4v) is 8.19. The lowest BCUT2D eigenvalue weighted by Gasteiger charge is -2.31. The number of carbonyl (C=O) groups is 4. The van der Waals surface area contributed by atoms with Gasteiger partial charge in [-0.3, -0.25) is 14.4 Å². The summed E-state index contributed by atoms with van der Waals surface area (Å²) in [6.45, 7) is 6.15. The zero-order valence-corrected chi connectivity index (χ0v) is 32.2. The highest BCUT2D eigenvalue weighted by Gasteiger charge is 2.64. The molecule has 2 saturated heterocycles. The van der Waals surface area contributed by atoms with E-state index in [1.54, 1.807) is 39.0 Å². The van der Waals surface area contributed by atoms with Crippen molar-refractivity contribution >= 4 is 29.8 Å². The maximum absolute atomic E-state index is 13.9. The highest BCUT2D eigenvalue weighted by atomic mass is 16.8. The van der Waals surface area contributed by atoms with E-state index < -0.39 is 78.2 Å². The van der Waals surface area contributed by atoms with E-state index in [1.807, 2.05) is 12.1 Å². The van der Waals surface area contributed by atoms with Crippen LogP contribution in [0.1, 0.15) is 108 Å². The molecule has 7 rings (SSSR count). The molecular weight excluding hydrogens is 708 g/mol. The summed E-state index contributed by atoms with van der Waals surface area (Å²) < 4.78 is 30.5. The predicted octanol–water partition coefficient (Wildman–Crippen LogP) is 3.89. The second-order valence-electron chi connectivity index (χ2n) is 17.2. The summed E-state index contributed by atoms with van der Waals surface area (Å²) in [6, 6.07) is 5.03. The zero-order valence-electron chi connectivity index (χ0n) is 32.2. The van der Waals surface area contributed by atoms with Gasteiger partial charge in [-0.05, 0) is 109 Å². The number of ether oxygens (including phenoxy) is 5. The van der Waals surface area contributed by atoms with E-state index >= 15 is 0 Å². The molecule has 0 bridgehead atoms. The normalized spacial score (nSPS) is 29.9. The van der Waals surface area contributed by atoms with E-state index in [9.17, 15) is 29.4 Å². The topological polar surface area (TPSA) is 182 Å². The molecule has 2 heterocycles. The zero-order chi connectivity index (χ0) is 39.1. The number of aliphatic hydroxyl groups is 2. The Morgan fingerprint density at radius 3 is 2.31 bits per heavy atom. The number of carbonyl (C=O) groups excluding carboxylic acids is 4. The number of fused-ring (bicyclic) bond motifs is 2. The van der Waals surface area contributed by atoms with Crippen LogP contribution in [0.5, 0.6) is 0 Å². The largest absolute Gasteiger partial charge is 0.460 e. The van der Waals surface area contributed by atoms with Crippen molar-refractivity contribution in [1.29, 1.82) is 0 Å². The molecule has 300 valence electrons.